The Bertz CT molecular complexity index is 277. The molecular weight excluding hydrogens is 186 g/mol. The molecule has 0 aromatic carbocycles. The van der Waals surface area contributed by atoms with Crippen LogP contribution in [-0.4, -0.2) is 27.8 Å². The summed E-state index contributed by atoms with van der Waals surface area (Å²) in [5.74, 6) is 2.57. The lowest BCUT2D eigenvalue weighted by Crippen LogP contribution is -2.37. The molecule has 1 aliphatic rings. The Morgan fingerprint density at radius 2 is 1.53 bits per heavy atom. The van der Waals surface area contributed by atoms with Crippen LogP contribution in [0.1, 0.15) is 41.5 Å². The number of hydrogen-bond donors (Lipinski definition) is 0. The standard InChI is InChI=1S/C12H23N3/c1-8(2)12-13-15(10(5)6)11(7)14(12)9(3)4/h8-10H,7H2,1-6H3. The molecule has 0 N–H and O–H groups in total. The first kappa shape index (κ1) is 12.1. The van der Waals surface area contributed by atoms with Gasteiger partial charge < -0.3 is 4.90 Å². The van der Waals surface area contributed by atoms with Crippen molar-refractivity contribution < 1.29 is 0 Å². The van der Waals surface area contributed by atoms with Crippen LogP contribution in [0.15, 0.2) is 17.5 Å². The third-order valence-electron chi connectivity index (χ3n) is 2.52. The van der Waals surface area contributed by atoms with E-state index in [1.54, 1.807) is 0 Å². The van der Waals surface area contributed by atoms with Crippen molar-refractivity contribution in [3.8, 4) is 0 Å². The number of amidine groups is 1. The fraction of sp³-hybridized carbons (Fsp3) is 0.750. The van der Waals surface area contributed by atoms with E-state index in [-0.39, 0.29) is 0 Å². The van der Waals surface area contributed by atoms with Gasteiger partial charge in [-0.25, -0.2) is 5.01 Å². The summed E-state index contributed by atoms with van der Waals surface area (Å²) in [5, 5.41) is 6.66. The highest BCUT2D eigenvalue weighted by molar-refractivity contribution is 5.87. The summed E-state index contributed by atoms with van der Waals surface area (Å²) in [5.41, 5.74) is 0. The average molecular weight is 209 g/mol. The summed E-state index contributed by atoms with van der Waals surface area (Å²) in [7, 11) is 0. The summed E-state index contributed by atoms with van der Waals surface area (Å²) in [4.78, 5) is 2.23. The maximum atomic E-state index is 4.65. The van der Waals surface area contributed by atoms with Gasteiger partial charge in [-0.2, -0.15) is 5.10 Å². The molecule has 3 nitrogen and oxygen atoms in total. The third kappa shape index (κ3) is 2.16. The quantitative estimate of drug-likeness (QED) is 0.711. The fourth-order valence-electron chi connectivity index (χ4n) is 1.83. The third-order valence-corrected chi connectivity index (χ3v) is 2.52. The summed E-state index contributed by atoms with van der Waals surface area (Å²) in [6.07, 6.45) is 0. The highest BCUT2D eigenvalue weighted by Gasteiger charge is 2.31. The predicted octanol–water partition coefficient (Wildman–Crippen LogP) is 2.86. The van der Waals surface area contributed by atoms with Gasteiger partial charge in [-0.15, -0.1) is 0 Å². The maximum Gasteiger partial charge on any atom is 0.133 e. The van der Waals surface area contributed by atoms with Gasteiger partial charge in [0.2, 0.25) is 0 Å². The van der Waals surface area contributed by atoms with Gasteiger partial charge in [0.25, 0.3) is 0 Å². The van der Waals surface area contributed by atoms with Gasteiger partial charge >= 0.3 is 0 Å². The van der Waals surface area contributed by atoms with Crippen molar-refractivity contribution in [3.63, 3.8) is 0 Å². The van der Waals surface area contributed by atoms with Gasteiger partial charge in [-0.05, 0) is 27.7 Å². The van der Waals surface area contributed by atoms with E-state index in [0.717, 1.165) is 11.7 Å². The van der Waals surface area contributed by atoms with Crippen LogP contribution in [0.5, 0.6) is 0 Å². The van der Waals surface area contributed by atoms with Crippen molar-refractivity contribution in [2.75, 3.05) is 0 Å². The molecule has 0 saturated carbocycles. The Balaban J connectivity index is 3.00. The van der Waals surface area contributed by atoms with Crippen molar-refractivity contribution in [3.05, 3.63) is 12.4 Å². The highest BCUT2D eigenvalue weighted by atomic mass is 15.6. The Morgan fingerprint density at radius 1 is 1.00 bits per heavy atom. The molecule has 0 amide bonds. The molecule has 0 aromatic heterocycles. The molecule has 1 rings (SSSR count). The monoisotopic (exact) mass is 209 g/mol. The minimum Gasteiger partial charge on any atom is -0.311 e. The summed E-state index contributed by atoms with van der Waals surface area (Å²) in [6.45, 7) is 17.1. The Kier molecular flexibility index (Phi) is 3.42. The van der Waals surface area contributed by atoms with E-state index < -0.39 is 0 Å². The first-order valence-electron chi connectivity index (χ1n) is 5.72. The topological polar surface area (TPSA) is 18.8 Å². The Labute approximate surface area is 93.4 Å². The van der Waals surface area contributed by atoms with Gasteiger partial charge in [-0.1, -0.05) is 20.4 Å². The van der Waals surface area contributed by atoms with Crippen LogP contribution in [-0.2, 0) is 0 Å². The molecule has 0 aromatic rings. The van der Waals surface area contributed by atoms with E-state index in [4.69, 9.17) is 0 Å². The lowest BCUT2D eigenvalue weighted by atomic mass is 10.1. The minimum atomic E-state index is 0.370. The smallest absolute Gasteiger partial charge is 0.133 e. The van der Waals surface area contributed by atoms with Crippen molar-refractivity contribution in [2.45, 2.75) is 53.6 Å². The second-order valence-corrected chi connectivity index (χ2v) is 4.93. The molecule has 0 atom stereocenters. The average Bonchev–Trinajstić information content (AvgIpc) is 2.42. The van der Waals surface area contributed by atoms with E-state index in [0.29, 0.717) is 18.0 Å². The first-order chi connectivity index (χ1) is 6.86. The van der Waals surface area contributed by atoms with Crippen LogP contribution in [0.4, 0.5) is 0 Å². The van der Waals surface area contributed by atoms with E-state index in [2.05, 4.69) is 58.1 Å². The molecule has 0 fully saturated rings. The van der Waals surface area contributed by atoms with Crippen molar-refractivity contribution in [1.29, 1.82) is 0 Å². The maximum absolute atomic E-state index is 4.65. The number of hydrogen-bond acceptors (Lipinski definition) is 3. The van der Waals surface area contributed by atoms with Crippen molar-refractivity contribution in [2.24, 2.45) is 11.0 Å². The van der Waals surface area contributed by atoms with E-state index in [1.807, 2.05) is 5.01 Å². The first-order valence-corrected chi connectivity index (χ1v) is 5.72. The van der Waals surface area contributed by atoms with E-state index >= 15 is 0 Å². The van der Waals surface area contributed by atoms with Crippen LogP contribution in [0.3, 0.4) is 0 Å². The van der Waals surface area contributed by atoms with Gasteiger partial charge in [0, 0.05) is 18.0 Å². The van der Waals surface area contributed by atoms with Crippen LogP contribution in [0.2, 0.25) is 0 Å². The Hall–Kier alpha value is -0.990. The van der Waals surface area contributed by atoms with E-state index in [1.165, 1.54) is 0 Å². The number of rotatable bonds is 3. The minimum absolute atomic E-state index is 0.370. The zero-order chi connectivity index (χ0) is 11.7. The molecular formula is C12H23N3. The van der Waals surface area contributed by atoms with Crippen LogP contribution >= 0.6 is 0 Å². The van der Waals surface area contributed by atoms with Gasteiger partial charge in [-0.3, -0.25) is 0 Å². The van der Waals surface area contributed by atoms with Gasteiger partial charge in [0.05, 0.1) is 0 Å². The van der Waals surface area contributed by atoms with Gasteiger partial charge in [0.1, 0.15) is 11.7 Å². The zero-order valence-electron chi connectivity index (χ0n) is 10.8. The molecule has 15 heavy (non-hydrogen) atoms. The van der Waals surface area contributed by atoms with Crippen molar-refractivity contribution >= 4 is 5.84 Å². The summed E-state index contributed by atoms with van der Waals surface area (Å²) in [6, 6.07) is 0.789. The summed E-state index contributed by atoms with van der Waals surface area (Å²) < 4.78 is 0. The molecule has 3 heteroatoms. The SMILES string of the molecule is C=C1N(C(C)C)N=C(C(C)C)N1C(C)C. The number of nitrogens with zero attached hydrogens (tertiary/aromatic N) is 3. The second-order valence-electron chi connectivity index (χ2n) is 4.93. The molecule has 0 unspecified atom stereocenters. The summed E-state index contributed by atoms with van der Waals surface area (Å²) >= 11 is 0. The molecule has 0 bridgehead atoms. The molecule has 1 aliphatic heterocycles. The largest absolute Gasteiger partial charge is 0.311 e. The lowest BCUT2D eigenvalue weighted by Gasteiger charge is -2.29. The molecule has 0 aliphatic carbocycles. The van der Waals surface area contributed by atoms with Crippen LogP contribution in [0, 0.1) is 5.92 Å². The molecule has 86 valence electrons. The second kappa shape index (κ2) is 4.25. The van der Waals surface area contributed by atoms with E-state index in [9.17, 15) is 0 Å². The molecule has 1 heterocycles. The molecule has 0 spiro atoms. The fourth-order valence-corrected chi connectivity index (χ4v) is 1.83. The van der Waals surface area contributed by atoms with Crippen LogP contribution in [0.25, 0.3) is 0 Å². The molecule has 0 saturated heterocycles. The van der Waals surface area contributed by atoms with Gasteiger partial charge in [0.15, 0.2) is 0 Å². The van der Waals surface area contributed by atoms with Crippen LogP contribution < -0.4 is 0 Å². The highest BCUT2D eigenvalue weighted by Crippen LogP contribution is 2.26. The zero-order valence-corrected chi connectivity index (χ0v) is 10.8. The Morgan fingerprint density at radius 3 is 1.80 bits per heavy atom. The predicted molar refractivity (Wildman–Crippen MR) is 65.4 cm³/mol. The number of hydrazone groups is 1. The van der Waals surface area contributed by atoms with Crippen molar-refractivity contribution in [1.82, 2.24) is 9.91 Å². The normalized spacial score (nSPS) is 17.4. The lowest BCUT2D eigenvalue weighted by molar-refractivity contribution is 0.253. The molecule has 0 radical (unpaired) electrons.